The van der Waals surface area contributed by atoms with Gasteiger partial charge in [0.15, 0.2) is 0 Å². The predicted molar refractivity (Wildman–Crippen MR) is 74.4 cm³/mol. The topological polar surface area (TPSA) is 74.7 Å². The number of rotatable bonds is 4. The molecule has 0 aromatic heterocycles. The summed E-state index contributed by atoms with van der Waals surface area (Å²) in [6.45, 7) is 8.08. The van der Waals surface area contributed by atoms with Gasteiger partial charge in [-0.05, 0) is 30.6 Å². The monoisotopic (exact) mass is 291 g/mol. The van der Waals surface area contributed by atoms with Gasteiger partial charge in [0.1, 0.15) is 6.04 Å². The van der Waals surface area contributed by atoms with Crippen molar-refractivity contribution in [2.45, 2.75) is 53.0 Å². The SMILES string of the molecule is CC1CCCN(S(=O)(=O)CCC(C)(C)C)C1C(=O)O. The fourth-order valence-corrected chi connectivity index (χ4v) is 4.54. The maximum absolute atomic E-state index is 12.4. The standard InChI is InChI=1S/C13H25NO4S/c1-10-6-5-8-14(11(10)12(15)16)19(17,18)9-7-13(2,3)4/h10-11H,5-9H2,1-4H3,(H,15,16). The molecular formula is C13H25NO4S. The van der Waals surface area contributed by atoms with Crippen molar-refractivity contribution in [3.05, 3.63) is 0 Å². The zero-order chi connectivity index (χ0) is 14.8. The Morgan fingerprint density at radius 1 is 1.37 bits per heavy atom. The highest BCUT2D eigenvalue weighted by Crippen LogP contribution is 2.28. The normalized spacial score (nSPS) is 26.3. The van der Waals surface area contributed by atoms with Gasteiger partial charge in [-0.25, -0.2) is 8.42 Å². The highest BCUT2D eigenvalue weighted by molar-refractivity contribution is 7.89. The van der Waals surface area contributed by atoms with E-state index in [4.69, 9.17) is 0 Å². The van der Waals surface area contributed by atoms with Crippen LogP contribution in [0.3, 0.4) is 0 Å². The van der Waals surface area contributed by atoms with E-state index in [1.807, 2.05) is 27.7 Å². The minimum atomic E-state index is -3.49. The third kappa shape index (κ3) is 4.45. The molecule has 6 heteroatoms. The Balaban J connectivity index is 2.88. The van der Waals surface area contributed by atoms with Gasteiger partial charge in [0.2, 0.25) is 10.0 Å². The molecule has 112 valence electrons. The summed E-state index contributed by atoms with van der Waals surface area (Å²) in [7, 11) is -3.49. The van der Waals surface area contributed by atoms with Crippen molar-refractivity contribution in [1.82, 2.24) is 4.31 Å². The second-order valence-corrected chi connectivity index (χ2v) is 8.68. The Bertz CT molecular complexity index is 424. The fourth-order valence-electron chi connectivity index (χ4n) is 2.38. The van der Waals surface area contributed by atoms with E-state index >= 15 is 0 Å². The molecule has 0 aromatic carbocycles. The van der Waals surface area contributed by atoms with E-state index in [0.29, 0.717) is 13.0 Å². The lowest BCUT2D eigenvalue weighted by Crippen LogP contribution is -2.52. The van der Waals surface area contributed by atoms with E-state index < -0.39 is 22.0 Å². The molecule has 1 fully saturated rings. The van der Waals surface area contributed by atoms with Crippen LogP contribution in [0.1, 0.15) is 47.0 Å². The van der Waals surface area contributed by atoms with Crippen LogP contribution in [-0.2, 0) is 14.8 Å². The molecule has 0 saturated carbocycles. The van der Waals surface area contributed by atoms with Crippen molar-refractivity contribution in [1.29, 1.82) is 0 Å². The van der Waals surface area contributed by atoms with Gasteiger partial charge in [0.25, 0.3) is 0 Å². The molecule has 1 N–H and O–H groups in total. The molecule has 0 bridgehead atoms. The van der Waals surface area contributed by atoms with E-state index in [0.717, 1.165) is 12.8 Å². The minimum Gasteiger partial charge on any atom is -0.480 e. The molecule has 1 aliphatic rings. The van der Waals surface area contributed by atoms with Gasteiger partial charge in [-0.1, -0.05) is 27.7 Å². The number of carboxylic acids is 1. The smallest absolute Gasteiger partial charge is 0.322 e. The van der Waals surface area contributed by atoms with Gasteiger partial charge in [0, 0.05) is 6.54 Å². The van der Waals surface area contributed by atoms with E-state index in [1.54, 1.807) is 0 Å². The van der Waals surface area contributed by atoms with Crippen LogP contribution in [0.5, 0.6) is 0 Å². The Hall–Kier alpha value is -0.620. The van der Waals surface area contributed by atoms with Crippen molar-refractivity contribution in [3.63, 3.8) is 0 Å². The summed E-state index contributed by atoms with van der Waals surface area (Å²) in [4.78, 5) is 11.3. The Morgan fingerprint density at radius 3 is 2.42 bits per heavy atom. The second kappa shape index (κ2) is 5.79. The third-order valence-electron chi connectivity index (χ3n) is 3.61. The maximum atomic E-state index is 12.4. The fraction of sp³-hybridized carbons (Fsp3) is 0.923. The first-order valence-corrected chi connectivity index (χ1v) is 8.38. The average molecular weight is 291 g/mol. The first kappa shape index (κ1) is 16.4. The quantitative estimate of drug-likeness (QED) is 0.859. The highest BCUT2D eigenvalue weighted by Gasteiger charge is 2.40. The lowest BCUT2D eigenvalue weighted by molar-refractivity contribution is -0.144. The van der Waals surface area contributed by atoms with Crippen LogP contribution in [0.2, 0.25) is 0 Å². The maximum Gasteiger partial charge on any atom is 0.322 e. The van der Waals surface area contributed by atoms with Gasteiger partial charge in [-0.2, -0.15) is 4.31 Å². The van der Waals surface area contributed by atoms with Crippen molar-refractivity contribution in [2.24, 2.45) is 11.3 Å². The number of hydrogen-bond acceptors (Lipinski definition) is 3. The van der Waals surface area contributed by atoms with Crippen LogP contribution in [0.15, 0.2) is 0 Å². The summed E-state index contributed by atoms with van der Waals surface area (Å²) < 4.78 is 25.9. The summed E-state index contributed by atoms with van der Waals surface area (Å²) >= 11 is 0. The average Bonchev–Trinajstić information content (AvgIpc) is 2.25. The van der Waals surface area contributed by atoms with Gasteiger partial charge in [0.05, 0.1) is 5.75 Å². The summed E-state index contributed by atoms with van der Waals surface area (Å²) in [5.41, 5.74) is -0.0762. The zero-order valence-corrected chi connectivity index (χ0v) is 13.0. The molecule has 0 aliphatic carbocycles. The summed E-state index contributed by atoms with van der Waals surface area (Å²) in [5.74, 6) is -1.14. The number of piperidine rings is 1. The van der Waals surface area contributed by atoms with Crippen LogP contribution < -0.4 is 0 Å². The van der Waals surface area contributed by atoms with Crippen molar-refractivity contribution in [3.8, 4) is 0 Å². The number of hydrogen-bond donors (Lipinski definition) is 1. The molecular weight excluding hydrogens is 266 g/mol. The predicted octanol–water partition coefficient (Wildman–Crippen LogP) is 1.94. The van der Waals surface area contributed by atoms with Crippen LogP contribution in [0, 0.1) is 11.3 Å². The molecule has 0 amide bonds. The molecule has 2 atom stereocenters. The van der Waals surface area contributed by atoms with Gasteiger partial charge in [-0.3, -0.25) is 4.79 Å². The first-order chi connectivity index (χ1) is 8.54. The molecule has 1 aliphatic heterocycles. The van der Waals surface area contributed by atoms with Gasteiger partial charge in [-0.15, -0.1) is 0 Å². The molecule has 2 unspecified atom stereocenters. The minimum absolute atomic E-state index is 0.0208. The van der Waals surface area contributed by atoms with Crippen LogP contribution in [-0.4, -0.2) is 42.1 Å². The first-order valence-electron chi connectivity index (χ1n) is 6.77. The molecule has 1 rings (SSSR count). The summed E-state index contributed by atoms with van der Waals surface area (Å²) in [6.07, 6.45) is 2.04. The second-order valence-electron chi connectivity index (χ2n) is 6.64. The van der Waals surface area contributed by atoms with Crippen LogP contribution >= 0.6 is 0 Å². The molecule has 0 spiro atoms. The van der Waals surface area contributed by atoms with E-state index in [2.05, 4.69) is 0 Å². The largest absolute Gasteiger partial charge is 0.480 e. The Morgan fingerprint density at radius 2 is 1.95 bits per heavy atom. The van der Waals surface area contributed by atoms with Crippen LogP contribution in [0.4, 0.5) is 0 Å². The van der Waals surface area contributed by atoms with E-state index in [1.165, 1.54) is 4.31 Å². The molecule has 0 aromatic rings. The van der Waals surface area contributed by atoms with E-state index in [9.17, 15) is 18.3 Å². The number of aliphatic carboxylic acids is 1. The Labute approximate surface area is 116 Å². The molecule has 1 heterocycles. The summed E-state index contributed by atoms with van der Waals surface area (Å²) in [5, 5.41) is 9.26. The number of carboxylic acid groups (broad SMARTS) is 1. The zero-order valence-electron chi connectivity index (χ0n) is 12.2. The van der Waals surface area contributed by atoms with Crippen molar-refractivity contribution >= 4 is 16.0 Å². The molecule has 19 heavy (non-hydrogen) atoms. The lowest BCUT2D eigenvalue weighted by atomic mass is 9.93. The van der Waals surface area contributed by atoms with Gasteiger partial charge >= 0.3 is 5.97 Å². The van der Waals surface area contributed by atoms with Crippen molar-refractivity contribution in [2.75, 3.05) is 12.3 Å². The number of sulfonamides is 1. The van der Waals surface area contributed by atoms with Crippen LogP contribution in [0.25, 0.3) is 0 Å². The molecule has 1 saturated heterocycles. The molecule has 5 nitrogen and oxygen atoms in total. The highest BCUT2D eigenvalue weighted by atomic mass is 32.2. The lowest BCUT2D eigenvalue weighted by Gasteiger charge is -2.36. The summed E-state index contributed by atoms with van der Waals surface area (Å²) in [6, 6.07) is -0.904. The Kier molecular flexibility index (Phi) is 5.01. The number of nitrogens with zero attached hydrogens (tertiary/aromatic N) is 1. The third-order valence-corrected chi connectivity index (χ3v) is 5.45. The van der Waals surface area contributed by atoms with E-state index in [-0.39, 0.29) is 17.1 Å². The van der Waals surface area contributed by atoms with Gasteiger partial charge < -0.3 is 5.11 Å². The van der Waals surface area contributed by atoms with Crippen molar-refractivity contribution < 1.29 is 18.3 Å². The number of carbonyl (C=O) groups is 1. The molecule has 0 radical (unpaired) electrons.